The van der Waals surface area contributed by atoms with Crippen molar-refractivity contribution in [1.29, 1.82) is 0 Å². The van der Waals surface area contributed by atoms with Crippen molar-refractivity contribution < 1.29 is 13.2 Å². The van der Waals surface area contributed by atoms with Crippen LogP contribution in [0.15, 0.2) is 0 Å². The maximum Gasteiger partial charge on any atom is 0.401 e. The Labute approximate surface area is 95.0 Å². The highest BCUT2D eigenvalue weighted by atomic mass is 19.4. The van der Waals surface area contributed by atoms with Crippen LogP contribution in [0.2, 0.25) is 0 Å². The van der Waals surface area contributed by atoms with E-state index in [0.717, 1.165) is 32.1 Å². The molecule has 0 aromatic rings. The molecule has 96 valence electrons. The zero-order valence-corrected chi connectivity index (χ0v) is 9.76. The minimum Gasteiger partial charge on any atom is -0.326 e. The van der Waals surface area contributed by atoms with Gasteiger partial charge >= 0.3 is 6.18 Å². The van der Waals surface area contributed by atoms with Gasteiger partial charge in [-0.15, -0.1) is 0 Å². The molecule has 1 rings (SSSR count). The zero-order valence-electron chi connectivity index (χ0n) is 9.76. The Kier molecular flexibility index (Phi) is 5.05. The van der Waals surface area contributed by atoms with E-state index in [1.165, 1.54) is 4.90 Å². The van der Waals surface area contributed by atoms with E-state index < -0.39 is 12.7 Å². The lowest BCUT2D eigenvalue weighted by Gasteiger charge is -2.38. The number of nitrogens with two attached hydrogens (primary N) is 1. The summed E-state index contributed by atoms with van der Waals surface area (Å²) in [5, 5.41) is 0. The second kappa shape index (κ2) is 5.87. The summed E-state index contributed by atoms with van der Waals surface area (Å²) in [6.07, 6.45) is 0.311. The van der Waals surface area contributed by atoms with Gasteiger partial charge in [-0.1, -0.05) is 19.8 Å². The van der Waals surface area contributed by atoms with Gasteiger partial charge < -0.3 is 5.73 Å². The molecular formula is C11H21F3N2. The Balaban J connectivity index is 2.60. The van der Waals surface area contributed by atoms with Crippen molar-refractivity contribution in [3.63, 3.8) is 0 Å². The van der Waals surface area contributed by atoms with Crippen LogP contribution in [-0.2, 0) is 0 Å². The smallest absolute Gasteiger partial charge is 0.326 e. The molecule has 2 N–H and O–H groups in total. The molecule has 0 amide bonds. The van der Waals surface area contributed by atoms with Gasteiger partial charge in [-0.2, -0.15) is 13.2 Å². The van der Waals surface area contributed by atoms with Crippen molar-refractivity contribution in [3.05, 3.63) is 0 Å². The molecule has 0 heterocycles. The molecule has 16 heavy (non-hydrogen) atoms. The van der Waals surface area contributed by atoms with Gasteiger partial charge in [-0.05, 0) is 25.8 Å². The predicted molar refractivity (Wildman–Crippen MR) is 58.2 cm³/mol. The monoisotopic (exact) mass is 238 g/mol. The number of hydrogen-bond acceptors (Lipinski definition) is 2. The maximum atomic E-state index is 12.4. The molecule has 0 saturated heterocycles. The van der Waals surface area contributed by atoms with Crippen LogP contribution in [0.1, 0.15) is 39.0 Å². The molecule has 2 atom stereocenters. The number of hydrogen-bond donors (Lipinski definition) is 1. The third kappa shape index (κ3) is 4.29. The topological polar surface area (TPSA) is 29.3 Å². The lowest BCUT2D eigenvalue weighted by molar-refractivity contribution is -0.153. The van der Waals surface area contributed by atoms with Gasteiger partial charge in [0.1, 0.15) is 0 Å². The van der Waals surface area contributed by atoms with Crippen LogP contribution in [0.3, 0.4) is 0 Å². The van der Waals surface area contributed by atoms with Crippen LogP contribution in [-0.4, -0.2) is 36.2 Å². The Morgan fingerprint density at radius 3 is 2.38 bits per heavy atom. The quantitative estimate of drug-likeness (QED) is 0.815. The largest absolute Gasteiger partial charge is 0.401 e. The fourth-order valence-electron chi connectivity index (χ4n) is 2.47. The highest BCUT2D eigenvalue weighted by Gasteiger charge is 2.36. The lowest BCUT2D eigenvalue weighted by Crippen LogP contribution is -2.52. The normalized spacial score (nSPS) is 27.4. The fraction of sp³-hybridized carbons (Fsp3) is 1.00. The van der Waals surface area contributed by atoms with Crippen molar-refractivity contribution in [2.75, 3.05) is 13.1 Å². The second-order valence-electron chi connectivity index (χ2n) is 4.60. The van der Waals surface area contributed by atoms with E-state index in [4.69, 9.17) is 5.73 Å². The van der Waals surface area contributed by atoms with Crippen molar-refractivity contribution >= 4 is 0 Å². The van der Waals surface area contributed by atoms with E-state index in [1.54, 1.807) is 0 Å². The molecule has 1 saturated carbocycles. The van der Waals surface area contributed by atoms with Crippen molar-refractivity contribution in [2.45, 2.75) is 57.3 Å². The van der Waals surface area contributed by atoms with E-state index in [-0.39, 0.29) is 12.1 Å². The molecule has 0 bridgehead atoms. The molecule has 1 aliphatic carbocycles. The number of nitrogens with zero attached hydrogens (tertiary/aromatic N) is 1. The molecule has 0 aromatic heterocycles. The minimum atomic E-state index is -4.12. The van der Waals surface area contributed by atoms with Crippen LogP contribution < -0.4 is 5.73 Å². The first-order valence-corrected chi connectivity index (χ1v) is 6.00. The third-order valence-corrected chi connectivity index (χ3v) is 3.14. The minimum absolute atomic E-state index is 0.0877. The predicted octanol–water partition coefficient (Wildman–Crippen LogP) is 2.53. The standard InChI is InChI=1S/C11H21F3N2/c1-2-7-16(8-11(12,13)14)10-6-4-3-5-9(10)15/h9-10H,2-8,15H2,1H3. The molecule has 1 fully saturated rings. The molecule has 2 unspecified atom stereocenters. The lowest BCUT2D eigenvalue weighted by atomic mass is 9.89. The third-order valence-electron chi connectivity index (χ3n) is 3.14. The summed E-state index contributed by atoms with van der Waals surface area (Å²) in [4.78, 5) is 1.52. The number of rotatable bonds is 4. The van der Waals surface area contributed by atoms with E-state index in [9.17, 15) is 13.2 Å². The van der Waals surface area contributed by atoms with Gasteiger partial charge in [-0.25, -0.2) is 0 Å². The molecule has 0 aliphatic heterocycles. The van der Waals surface area contributed by atoms with Crippen LogP contribution in [0.4, 0.5) is 13.2 Å². The van der Waals surface area contributed by atoms with Crippen molar-refractivity contribution in [2.24, 2.45) is 5.73 Å². The van der Waals surface area contributed by atoms with Crippen LogP contribution in [0, 0.1) is 0 Å². The Hall–Kier alpha value is -0.290. The van der Waals surface area contributed by atoms with Gasteiger partial charge in [0.2, 0.25) is 0 Å². The molecule has 1 aliphatic rings. The first-order chi connectivity index (χ1) is 7.44. The highest BCUT2D eigenvalue weighted by Crippen LogP contribution is 2.25. The summed E-state index contributed by atoms with van der Waals surface area (Å²) in [5.41, 5.74) is 5.92. The van der Waals surface area contributed by atoms with Crippen LogP contribution in [0.25, 0.3) is 0 Å². The summed E-state index contributed by atoms with van der Waals surface area (Å²) in [6, 6.07) is -0.182. The average Bonchev–Trinajstić information content (AvgIpc) is 2.16. The highest BCUT2D eigenvalue weighted by molar-refractivity contribution is 4.86. The SMILES string of the molecule is CCCN(CC(F)(F)F)C1CCCCC1N. The van der Waals surface area contributed by atoms with E-state index >= 15 is 0 Å². The van der Waals surface area contributed by atoms with Gasteiger partial charge in [0.25, 0.3) is 0 Å². The molecule has 2 nitrogen and oxygen atoms in total. The van der Waals surface area contributed by atoms with Gasteiger partial charge in [-0.3, -0.25) is 4.90 Å². The van der Waals surface area contributed by atoms with Gasteiger partial charge in [0.05, 0.1) is 6.54 Å². The molecule has 0 aromatic carbocycles. The Morgan fingerprint density at radius 1 is 1.25 bits per heavy atom. The summed E-state index contributed by atoms with van der Waals surface area (Å²) >= 11 is 0. The average molecular weight is 238 g/mol. The van der Waals surface area contributed by atoms with Gasteiger partial charge in [0.15, 0.2) is 0 Å². The van der Waals surface area contributed by atoms with Gasteiger partial charge in [0, 0.05) is 12.1 Å². The molecule has 5 heteroatoms. The van der Waals surface area contributed by atoms with E-state index in [1.807, 2.05) is 6.92 Å². The Morgan fingerprint density at radius 2 is 1.88 bits per heavy atom. The summed E-state index contributed by atoms with van der Waals surface area (Å²) in [5.74, 6) is 0. The van der Waals surface area contributed by atoms with Crippen LogP contribution in [0.5, 0.6) is 0 Å². The first kappa shape index (κ1) is 13.8. The molecular weight excluding hydrogens is 217 g/mol. The van der Waals surface area contributed by atoms with Crippen molar-refractivity contribution in [1.82, 2.24) is 4.90 Å². The number of alkyl halides is 3. The van der Waals surface area contributed by atoms with E-state index in [2.05, 4.69) is 0 Å². The summed E-state index contributed by atoms with van der Waals surface area (Å²) in [7, 11) is 0. The van der Waals surface area contributed by atoms with E-state index in [0.29, 0.717) is 6.54 Å². The van der Waals surface area contributed by atoms with Crippen molar-refractivity contribution in [3.8, 4) is 0 Å². The maximum absolute atomic E-state index is 12.4. The Bertz CT molecular complexity index is 206. The molecule has 0 radical (unpaired) electrons. The number of halogens is 3. The fourth-order valence-corrected chi connectivity index (χ4v) is 2.47. The molecule has 0 spiro atoms. The summed E-state index contributed by atoms with van der Waals surface area (Å²) in [6.45, 7) is 1.56. The first-order valence-electron chi connectivity index (χ1n) is 6.00. The summed E-state index contributed by atoms with van der Waals surface area (Å²) < 4.78 is 37.3. The van der Waals surface area contributed by atoms with Crippen LogP contribution >= 0.6 is 0 Å². The second-order valence-corrected chi connectivity index (χ2v) is 4.60. The zero-order chi connectivity index (χ0) is 12.2.